The lowest BCUT2D eigenvalue weighted by atomic mass is 10.2. The van der Waals surface area contributed by atoms with E-state index in [4.69, 9.17) is 15.0 Å². The van der Waals surface area contributed by atoms with E-state index in [0.717, 1.165) is 48.2 Å². The van der Waals surface area contributed by atoms with Gasteiger partial charge in [0.05, 0.1) is 22.8 Å². The molecule has 0 aliphatic rings. The van der Waals surface area contributed by atoms with Gasteiger partial charge in [-0.1, -0.05) is 127 Å². The fourth-order valence-corrected chi connectivity index (χ4v) is 9.24. The number of aliphatic imine (C=N–C) groups is 2. The molecule has 0 aliphatic heterocycles. The van der Waals surface area contributed by atoms with Crippen molar-refractivity contribution in [1.82, 2.24) is 4.98 Å². The minimum Gasteiger partial charge on any atom is -0.287 e. The van der Waals surface area contributed by atoms with Gasteiger partial charge in [0.15, 0.2) is 0 Å². The summed E-state index contributed by atoms with van der Waals surface area (Å²) in [6, 6.07) is 49.5. The molecular formula is C37H37N3P2. The Labute approximate surface area is 253 Å². The molecule has 0 saturated carbocycles. The fourth-order valence-electron chi connectivity index (χ4n) is 4.88. The second-order valence-corrected chi connectivity index (χ2v) is 14.7. The first-order valence-electron chi connectivity index (χ1n) is 14.4. The van der Waals surface area contributed by atoms with E-state index in [0.29, 0.717) is 0 Å². The van der Waals surface area contributed by atoms with Crippen LogP contribution in [-0.2, 0) is 0 Å². The predicted molar refractivity (Wildman–Crippen MR) is 186 cm³/mol. The van der Waals surface area contributed by atoms with Crippen LogP contribution in [0.3, 0.4) is 0 Å². The molecule has 0 spiro atoms. The molecule has 1 aromatic heterocycles. The number of hydrogen-bond acceptors (Lipinski definition) is 3. The Morgan fingerprint density at radius 1 is 0.452 bits per heavy atom. The Balaban J connectivity index is 1.25. The lowest BCUT2D eigenvalue weighted by Crippen LogP contribution is -2.16. The maximum atomic E-state index is 4.97. The summed E-state index contributed by atoms with van der Waals surface area (Å²) >= 11 is 0. The van der Waals surface area contributed by atoms with Gasteiger partial charge in [0.1, 0.15) is 0 Å². The average molecular weight is 586 g/mol. The molecule has 0 fully saturated rings. The lowest BCUT2D eigenvalue weighted by molar-refractivity contribution is 1.11. The van der Waals surface area contributed by atoms with Crippen LogP contribution in [0.1, 0.15) is 25.2 Å². The van der Waals surface area contributed by atoms with E-state index in [1.807, 2.05) is 0 Å². The van der Waals surface area contributed by atoms with Crippen LogP contribution in [0.25, 0.3) is 0 Å². The van der Waals surface area contributed by atoms with Crippen LogP contribution in [0.4, 0.5) is 0 Å². The summed E-state index contributed by atoms with van der Waals surface area (Å²) in [5.41, 5.74) is 3.78. The normalized spacial score (nSPS) is 12.2. The monoisotopic (exact) mass is 585 g/mol. The van der Waals surface area contributed by atoms with Crippen molar-refractivity contribution < 1.29 is 0 Å². The fraction of sp³-hybridized carbons (Fsp3) is 0.162. The molecule has 5 aromatic rings. The molecule has 0 saturated heterocycles. The molecule has 0 radical (unpaired) electrons. The molecular weight excluding hydrogens is 548 g/mol. The van der Waals surface area contributed by atoms with Gasteiger partial charge in [-0.05, 0) is 75.4 Å². The highest BCUT2D eigenvalue weighted by Crippen LogP contribution is 2.34. The van der Waals surface area contributed by atoms with Crippen LogP contribution in [-0.4, -0.2) is 41.8 Å². The summed E-state index contributed by atoms with van der Waals surface area (Å²) in [6.07, 6.45) is 2.01. The van der Waals surface area contributed by atoms with Crippen molar-refractivity contribution in [3.8, 4) is 0 Å². The summed E-state index contributed by atoms with van der Waals surface area (Å²) in [5, 5.41) is 5.56. The van der Waals surface area contributed by atoms with Crippen molar-refractivity contribution in [3.05, 3.63) is 151 Å². The Kier molecular flexibility index (Phi) is 10.9. The summed E-state index contributed by atoms with van der Waals surface area (Å²) in [5.74, 6) is 0. The van der Waals surface area contributed by atoms with Crippen LogP contribution in [0.5, 0.6) is 0 Å². The molecule has 0 atom stereocenters. The van der Waals surface area contributed by atoms with Gasteiger partial charge >= 0.3 is 0 Å². The van der Waals surface area contributed by atoms with Gasteiger partial charge in [-0.15, -0.1) is 0 Å². The van der Waals surface area contributed by atoms with Crippen LogP contribution >= 0.6 is 15.8 Å². The molecule has 4 aromatic carbocycles. The molecule has 1 heterocycles. The molecule has 0 aliphatic carbocycles. The standard InChI is InChI=1S/C37H37N3P2/c1-30(38-26-28-41(32-16-7-3-8-17-32)33-18-9-4-10-19-33)36-24-15-25-37(40-36)31(2)39-27-29-42(34-20-11-5-12-21-34)35-22-13-6-14-23-35/h3-25H,26-29H2,1-2H3/b38-30+,39-31+. The summed E-state index contributed by atoms with van der Waals surface area (Å²) < 4.78 is 0. The van der Waals surface area contributed by atoms with Gasteiger partial charge in [-0.2, -0.15) is 0 Å². The van der Waals surface area contributed by atoms with E-state index in [1.54, 1.807) is 0 Å². The zero-order chi connectivity index (χ0) is 29.0. The number of aromatic nitrogens is 1. The van der Waals surface area contributed by atoms with Crippen molar-refractivity contribution in [2.24, 2.45) is 9.98 Å². The minimum atomic E-state index is -0.458. The molecule has 0 N–H and O–H groups in total. The zero-order valence-electron chi connectivity index (χ0n) is 24.3. The highest BCUT2D eigenvalue weighted by Gasteiger charge is 2.14. The van der Waals surface area contributed by atoms with Crippen LogP contribution in [0, 0.1) is 0 Å². The number of hydrogen-bond donors (Lipinski definition) is 0. The maximum Gasteiger partial charge on any atom is 0.0845 e. The van der Waals surface area contributed by atoms with Gasteiger partial charge in [0, 0.05) is 13.1 Å². The molecule has 42 heavy (non-hydrogen) atoms. The molecule has 0 unspecified atom stereocenters. The molecule has 210 valence electrons. The second-order valence-electron chi connectivity index (χ2n) is 9.99. The van der Waals surface area contributed by atoms with Crippen molar-refractivity contribution >= 4 is 48.5 Å². The molecule has 0 bridgehead atoms. The van der Waals surface area contributed by atoms with E-state index >= 15 is 0 Å². The third-order valence-corrected chi connectivity index (χ3v) is 12.1. The van der Waals surface area contributed by atoms with E-state index in [2.05, 4.69) is 153 Å². The second kappa shape index (κ2) is 15.5. The summed E-state index contributed by atoms with van der Waals surface area (Å²) in [7, 11) is -0.917. The van der Waals surface area contributed by atoms with E-state index in [9.17, 15) is 0 Å². The van der Waals surface area contributed by atoms with Crippen LogP contribution in [0.15, 0.2) is 150 Å². The largest absolute Gasteiger partial charge is 0.287 e. The topological polar surface area (TPSA) is 37.6 Å². The number of benzene rings is 4. The lowest BCUT2D eigenvalue weighted by Gasteiger charge is -2.18. The average Bonchev–Trinajstić information content (AvgIpc) is 3.06. The highest BCUT2D eigenvalue weighted by molar-refractivity contribution is 7.73. The molecule has 3 nitrogen and oxygen atoms in total. The SMILES string of the molecule is C/C(=N\CCP(c1ccccc1)c1ccccc1)c1cccc(/C(C)=N/CCP(c2ccccc2)c2ccccc2)n1. The van der Waals surface area contributed by atoms with Crippen molar-refractivity contribution in [3.63, 3.8) is 0 Å². The Morgan fingerprint density at radius 3 is 1.07 bits per heavy atom. The third-order valence-electron chi connectivity index (χ3n) is 7.11. The Hall–Kier alpha value is -3.77. The zero-order valence-corrected chi connectivity index (χ0v) is 26.1. The summed E-state index contributed by atoms with van der Waals surface area (Å²) in [4.78, 5) is 14.9. The quantitative estimate of drug-likeness (QED) is 0.115. The van der Waals surface area contributed by atoms with E-state index < -0.39 is 15.8 Å². The van der Waals surface area contributed by atoms with Gasteiger partial charge < -0.3 is 0 Å². The predicted octanol–water partition coefficient (Wildman–Crippen LogP) is 6.97. The molecule has 5 heteroatoms. The Bertz CT molecular complexity index is 1390. The minimum absolute atomic E-state index is 0.458. The van der Waals surface area contributed by atoms with Crippen LogP contribution < -0.4 is 21.2 Å². The number of nitrogens with zero attached hydrogens (tertiary/aromatic N) is 3. The van der Waals surface area contributed by atoms with Gasteiger partial charge in [-0.25, -0.2) is 4.98 Å². The molecule has 5 rings (SSSR count). The van der Waals surface area contributed by atoms with E-state index in [1.165, 1.54) is 21.2 Å². The highest BCUT2D eigenvalue weighted by atomic mass is 31.1. The first-order valence-corrected chi connectivity index (χ1v) is 17.5. The van der Waals surface area contributed by atoms with Gasteiger partial charge in [-0.3, -0.25) is 9.98 Å². The van der Waals surface area contributed by atoms with Gasteiger partial charge in [0.2, 0.25) is 0 Å². The number of pyridine rings is 1. The van der Waals surface area contributed by atoms with E-state index in [-0.39, 0.29) is 0 Å². The first kappa shape index (κ1) is 29.7. The first-order chi connectivity index (χ1) is 20.7. The molecule has 0 amide bonds. The van der Waals surface area contributed by atoms with Gasteiger partial charge in [0.25, 0.3) is 0 Å². The van der Waals surface area contributed by atoms with Crippen LogP contribution in [0.2, 0.25) is 0 Å². The smallest absolute Gasteiger partial charge is 0.0845 e. The van der Waals surface area contributed by atoms with Crippen molar-refractivity contribution in [1.29, 1.82) is 0 Å². The van der Waals surface area contributed by atoms with Crippen molar-refractivity contribution in [2.75, 3.05) is 25.4 Å². The third kappa shape index (κ3) is 8.16. The number of rotatable bonds is 12. The van der Waals surface area contributed by atoms with Crippen molar-refractivity contribution in [2.45, 2.75) is 13.8 Å². The maximum absolute atomic E-state index is 4.97. The Morgan fingerprint density at radius 2 is 0.762 bits per heavy atom. The summed E-state index contributed by atoms with van der Waals surface area (Å²) in [6.45, 7) is 5.67.